The van der Waals surface area contributed by atoms with Crippen molar-refractivity contribution in [3.05, 3.63) is 109 Å². The van der Waals surface area contributed by atoms with E-state index in [1.807, 2.05) is 6.08 Å². The van der Waals surface area contributed by atoms with Crippen LogP contribution in [-0.4, -0.2) is 193 Å². The molecule has 3 aliphatic rings. The molecule has 0 radical (unpaired) electrons. The van der Waals surface area contributed by atoms with E-state index in [9.17, 15) is 61.0 Å². The third-order valence-electron chi connectivity index (χ3n) is 19.3. The van der Waals surface area contributed by atoms with Gasteiger partial charge in [-0.05, 0) is 89.9 Å². The molecule has 0 aromatic carbocycles. The zero-order valence-corrected chi connectivity index (χ0v) is 62.8. The molecule has 0 aromatic heterocycles. The molecular weight excluding hydrogens is 1300 g/mol. The van der Waals surface area contributed by atoms with E-state index < -0.39 is 124 Å². The highest BCUT2D eigenvalue weighted by Gasteiger charge is 2.54. The second-order valence-electron chi connectivity index (χ2n) is 28.1. The van der Waals surface area contributed by atoms with Crippen LogP contribution < -0.4 is 5.32 Å². The highest BCUT2D eigenvalue weighted by Crippen LogP contribution is 2.33. The lowest BCUT2D eigenvalue weighted by Gasteiger charge is -2.48. The van der Waals surface area contributed by atoms with Crippen LogP contribution in [0.5, 0.6) is 0 Å². The number of hydrogen-bond donors (Lipinski definition) is 12. The molecule has 17 unspecified atom stereocenters. The van der Waals surface area contributed by atoms with Crippen LogP contribution in [0.1, 0.15) is 277 Å². The van der Waals surface area contributed by atoms with Gasteiger partial charge in [-0.15, -0.1) is 0 Å². The fourth-order valence-corrected chi connectivity index (χ4v) is 12.9. The summed E-state index contributed by atoms with van der Waals surface area (Å²) in [5.41, 5.74) is 0. The lowest BCUT2D eigenvalue weighted by atomic mass is 9.96. The number of rotatable bonds is 62. The number of allylic oxidation sites excluding steroid dienone is 17. The van der Waals surface area contributed by atoms with Gasteiger partial charge in [-0.25, -0.2) is 0 Å². The molecular formula is C83H143NO18. The predicted molar refractivity (Wildman–Crippen MR) is 406 cm³/mol. The highest BCUT2D eigenvalue weighted by molar-refractivity contribution is 5.76. The van der Waals surface area contributed by atoms with Gasteiger partial charge in [0.2, 0.25) is 5.91 Å². The van der Waals surface area contributed by atoms with Gasteiger partial charge in [0.25, 0.3) is 0 Å². The largest absolute Gasteiger partial charge is 0.394 e. The fraction of sp³-hybridized carbons (Fsp3) is 0.771. The Hall–Kier alpha value is -3.55. The van der Waals surface area contributed by atoms with Crippen molar-refractivity contribution in [2.45, 2.75) is 381 Å². The molecule has 3 heterocycles. The Balaban J connectivity index is 1.41. The highest BCUT2D eigenvalue weighted by atomic mass is 16.8. The molecule has 3 saturated heterocycles. The van der Waals surface area contributed by atoms with E-state index >= 15 is 0 Å². The Bertz CT molecular complexity index is 2270. The third-order valence-corrected chi connectivity index (χ3v) is 19.3. The van der Waals surface area contributed by atoms with Crippen LogP contribution in [0.25, 0.3) is 0 Å². The lowest BCUT2D eigenvalue weighted by molar-refractivity contribution is -0.379. The normalized spacial score (nSPS) is 26.8. The average Bonchev–Trinajstić information content (AvgIpc) is 0.766. The molecule has 588 valence electrons. The summed E-state index contributed by atoms with van der Waals surface area (Å²) in [6, 6.07) is -1.01. The van der Waals surface area contributed by atoms with Crippen molar-refractivity contribution in [2.24, 2.45) is 0 Å². The maximum absolute atomic E-state index is 13.5. The zero-order valence-electron chi connectivity index (χ0n) is 62.8. The second-order valence-corrected chi connectivity index (χ2v) is 28.1. The molecule has 17 atom stereocenters. The number of aliphatic hydroxyl groups is 11. The van der Waals surface area contributed by atoms with Gasteiger partial charge in [-0.3, -0.25) is 4.79 Å². The molecule has 12 N–H and O–H groups in total. The summed E-state index contributed by atoms with van der Waals surface area (Å²) in [6.07, 6.45) is 59.2. The number of ether oxygens (including phenoxy) is 6. The van der Waals surface area contributed by atoms with Crippen molar-refractivity contribution in [2.75, 3.05) is 26.4 Å². The predicted octanol–water partition coefficient (Wildman–Crippen LogP) is 13.3. The van der Waals surface area contributed by atoms with Crippen molar-refractivity contribution in [3.63, 3.8) is 0 Å². The Morgan fingerprint density at radius 2 is 0.686 bits per heavy atom. The Morgan fingerprint density at radius 3 is 1.10 bits per heavy atom. The summed E-state index contributed by atoms with van der Waals surface area (Å²) in [5, 5.41) is 121. The molecule has 0 saturated carbocycles. The monoisotopic (exact) mass is 1440 g/mol. The molecule has 3 aliphatic heterocycles. The molecule has 19 heteroatoms. The van der Waals surface area contributed by atoms with Gasteiger partial charge in [0.05, 0.1) is 38.6 Å². The van der Waals surface area contributed by atoms with E-state index in [-0.39, 0.29) is 18.9 Å². The van der Waals surface area contributed by atoms with Gasteiger partial charge in [-0.2, -0.15) is 0 Å². The van der Waals surface area contributed by atoms with E-state index in [1.165, 1.54) is 135 Å². The summed E-state index contributed by atoms with van der Waals surface area (Å²) in [4.78, 5) is 13.5. The number of nitrogens with one attached hydrogen (secondary N) is 1. The first-order valence-electron chi connectivity index (χ1n) is 40.1. The standard InChI is InChI=1S/C83H143NO18/c1-3-5-7-9-11-13-15-17-19-21-23-25-27-29-31-33-35-37-39-41-43-45-47-49-51-53-55-57-59-61-71(89)84-66(67(88)60-58-56-54-52-50-48-46-44-42-40-38-36-34-32-30-28-26-24-22-20-18-16-14-12-10-8-6-4-2)65-97-81-77(95)74(92)79(69(63-86)99-81)102-83-78(96)75(93)80(70(64-87)100-83)101-82-76(94)73(91)72(90)68(62-85)98-82/h5,7,11,13,17,19,23,25,29,31,35,37,41,43,50,52,58,60,66-70,72-83,85-88,90-96H,3-4,6,8-10,12,14-16,18,20-22,24,26-28,30,32-34,36,38-40,42,44-49,51,53-57,59,61-65H2,1-2H3,(H,84,89)/b7-5-,13-11-,19-17-,25-23-,31-29-,37-35-,43-41-,52-50+,60-58+. The molecule has 0 spiro atoms. The number of hydrogen-bond acceptors (Lipinski definition) is 18. The van der Waals surface area contributed by atoms with Crippen molar-refractivity contribution >= 4 is 5.91 Å². The van der Waals surface area contributed by atoms with Gasteiger partial charge in [0.1, 0.15) is 73.2 Å². The smallest absolute Gasteiger partial charge is 0.220 e. The summed E-state index contributed by atoms with van der Waals surface area (Å²) in [7, 11) is 0. The molecule has 3 rings (SSSR count). The number of aliphatic hydroxyl groups excluding tert-OH is 11. The number of carbonyl (C=O) groups is 1. The van der Waals surface area contributed by atoms with Gasteiger partial charge >= 0.3 is 0 Å². The minimum atomic E-state index is -1.99. The van der Waals surface area contributed by atoms with Crippen molar-refractivity contribution in [1.82, 2.24) is 5.32 Å². The minimum Gasteiger partial charge on any atom is -0.394 e. The first-order chi connectivity index (χ1) is 49.8. The molecule has 3 fully saturated rings. The first kappa shape index (κ1) is 92.7. The minimum absolute atomic E-state index is 0.216. The Kier molecular flexibility index (Phi) is 56.8. The van der Waals surface area contributed by atoms with Crippen LogP contribution in [0.15, 0.2) is 109 Å². The Morgan fingerprint density at radius 1 is 0.363 bits per heavy atom. The first-order valence-corrected chi connectivity index (χ1v) is 40.1. The van der Waals surface area contributed by atoms with Crippen molar-refractivity contribution < 1.29 is 89.4 Å². The average molecular weight is 1440 g/mol. The maximum atomic E-state index is 13.5. The lowest BCUT2D eigenvalue weighted by Crippen LogP contribution is -2.66. The van der Waals surface area contributed by atoms with E-state index in [4.69, 9.17) is 28.4 Å². The third kappa shape index (κ3) is 42.1. The van der Waals surface area contributed by atoms with Gasteiger partial charge in [-0.1, -0.05) is 290 Å². The summed E-state index contributed by atoms with van der Waals surface area (Å²) in [6.45, 7) is 1.61. The van der Waals surface area contributed by atoms with Crippen LogP contribution in [0.3, 0.4) is 0 Å². The number of unbranched alkanes of at least 4 members (excludes halogenated alkanes) is 30. The quantitative estimate of drug-likeness (QED) is 0.0199. The molecule has 0 bridgehead atoms. The van der Waals surface area contributed by atoms with Crippen LogP contribution in [0, 0.1) is 0 Å². The summed E-state index contributed by atoms with van der Waals surface area (Å²) >= 11 is 0. The number of amides is 1. The van der Waals surface area contributed by atoms with Crippen LogP contribution in [-0.2, 0) is 33.2 Å². The SMILES string of the molecule is CC/C=C\C/C=C\C/C=C\C/C=C\C/C=C\C/C=C\C/C=C\CCCCCCCCCC(=O)NC(COC1OC(CO)C(OC2OC(CO)C(OC3OC(CO)C(O)C(O)C3O)C(O)C2O)C(O)C1O)C(O)/C=C/CC/C=C/CCCCCCCCCCCCCCCCCCCCCCCC. The topological polar surface area (TPSA) is 307 Å². The molecule has 0 aromatic rings. The maximum Gasteiger partial charge on any atom is 0.220 e. The van der Waals surface area contributed by atoms with Crippen LogP contribution >= 0.6 is 0 Å². The molecule has 19 nitrogen and oxygen atoms in total. The zero-order chi connectivity index (χ0) is 73.9. The fourth-order valence-electron chi connectivity index (χ4n) is 12.9. The van der Waals surface area contributed by atoms with E-state index in [0.717, 1.165) is 109 Å². The van der Waals surface area contributed by atoms with E-state index in [1.54, 1.807) is 6.08 Å². The van der Waals surface area contributed by atoms with Crippen LogP contribution in [0.2, 0.25) is 0 Å². The van der Waals surface area contributed by atoms with Crippen molar-refractivity contribution in [3.8, 4) is 0 Å². The van der Waals surface area contributed by atoms with Gasteiger partial charge in [0, 0.05) is 6.42 Å². The summed E-state index contributed by atoms with van der Waals surface area (Å²) in [5.74, 6) is -0.299. The molecule has 102 heavy (non-hydrogen) atoms. The van der Waals surface area contributed by atoms with E-state index in [2.05, 4.69) is 116 Å². The van der Waals surface area contributed by atoms with Crippen LogP contribution in [0.4, 0.5) is 0 Å². The summed E-state index contributed by atoms with van der Waals surface area (Å²) < 4.78 is 34.4. The second kappa shape index (κ2) is 62.5. The van der Waals surface area contributed by atoms with Crippen molar-refractivity contribution in [1.29, 1.82) is 0 Å². The van der Waals surface area contributed by atoms with E-state index in [0.29, 0.717) is 12.8 Å². The molecule has 1 amide bonds. The Labute approximate surface area is 615 Å². The van der Waals surface area contributed by atoms with Gasteiger partial charge in [0.15, 0.2) is 18.9 Å². The number of carbonyl (C=O) groups excluding carboxylic acids is 1. The molecule has 0 aliphatic carbocycles. The van der Waals surface area contributed by atoms with Gasteiger partial charge < -0.3 is 89.9 Å².